The number of hydrogen-bond donors (Lipinski definition) is 1. The highest BCUT2D eigenvalue weighted by Crippen LogP contribution is 2.28. The zero-order chi connectivity index (χ0) is 16.6. The number of amides is 1. The molecule has 1 aromatic heterocycles. The van der Waals surface area contributed by atoms with Crippen molar-refractivity contribution in [2.45, 2.75) is 26.7 Å². The molecule has 0 saturated heterocycles. The van der Waals surface area contributed by atoms with Gasteiger partial charge in [0.1, 0.15) is 5.58 Å². The maximum Gasteiger partial charge on any atom is 0.291 e. The standard InChI is InChI=1S/C19H18BrNO2/c1-11(2)13-4-7-15(8-5-13)21-19(22)18-12(3)16-10-14(20)6-9-17(16)23-18/h4-11H,1-3H3,(H,21,22). The molecule has 1 amide bonds. The molecule has 2 aromatic carbocycles. The SMILES string of the molecule is Cc1c(C(=O)Nc2ccc(C(C)C)cc2)oc2ccc(Br)cc12. The quantitative estimate of drug-likeness (QED) is 0.624. The number of anilines is 1. The molecule has 0 radical (unpaired) electrons. The third-order valence-electron chi connectivity index (χ3n) is 3.94. The van der Waals surface area contributed by atoms with Crippen molar-refractivity contribution in [3.63, 3.8) is 0 Å². The number of benzene rings is 2. The van der Waals surface area contributed by atoms with Gasteiger partial charge in [0, 0.05) is 21.1 Å². The minimum Gasteiger partial charge on any atom is -0.451 e. The van der Waals surface area contributed by atoms with Crippen LogP contribution in [0.15, 0.2) is 51.4 Å². The summed E-state index contributed by atoms with van der Waals surface area (Å²) in [5.74, 6) is 0.592. The molecule has 0 bridgehead atoms. The Morgan fingerprint density at radius 2 is 1.83 bits per heavy atom. The number of nitrogens with one attached hydrogen (secondary N) is 1. The highest BCUT2D eigenvalue weighted by Gasteiger charge is 2.18. The Labute approximate surface area is 143 Å². The molecule has 3 rings (SSSR count). The van der Waals surface area contributed by atoms with Gasteiger partial charge >= 0.3 is 0 Å². The molecule has 118 valence electrons. The molecule has 3 nitrogen and oxygen atoms in total. The van der Waals surface area contributed by atoms with Crippen molar-refractivity contribution in [1.82, 2.24) is 0 Å². The van der Waals surface area contributed by atoms with Gasteiger partial charge in [0.05, 0.1) is 0 Å². The zero-order valence-corrected chi connectivity index (χ0v) is 14.9. The summed E-state index contributed by atoms with van der Waals surface area (Å²) in [6, 6.07) is 13.6. The van der Waals surface area contributed by atoms with E-state index in [0.717, 1.165) is 21.1 Å². The van der Waals surface area contributed by atoms with Crippen molar-refractivity contribution >= 4 is 38.5 Å². The van der Waals surface area contributed by atoms with E-state index in [4.69, 9.17) is 4.42 Å². The molecule has 0 atom stereocenters. The van der Waals surface area contributed by atoms with E-state index >= 15 is 0 Å². The van der Waals surface area contributed by atoms with E-state index in [1.165, 1.54) is 5.56 Å². The number of furan rings is 1. The average molecular weight is 372 g/mol. The minimum atomic E-state index is -0.230. The summed E-state index contributed by atoms with van der Waals surface area (Å²) >= 11 is 3.44. The first-order valence-corrected chi connectivity index (χ1v) is 8.35. The maximum atomic E-state index is 12.5. The highest BCUT2D eigenvalue weighted by molar-refractivity contribution is 9.10. The third kappa shape index (κ3) is 3.17. The van der Waals surface area contributed by atoms with Crippen molar-refractivity contribution in [2.75, 3.05) is 5.32 Å². The second-order valence-corrected chi connectivity index (χ2v) is 6.84. The van der Waals surface area contributed by atoms with Crippen molar-refractivity contribution in [2.24, 2.45) is 0 Å². The summed E-state index contributed by atoms with van der Waals surface area (Å²) in [6.45, 7) is 6.18. The van der Waals surface area contributed by atoms with Crippen LogP contribution in [0.2, 0.25) is 0 Å². The van der Waals surface area contributed by atoms with E-state index < -0.39 is 0 Å². The van der Waals surface area contributed by atoms with Crippen LogP contribution in [-0.2, 0) is 0 Å². The molecular weight excluding hydrogens is 354 g/mol. The molecule has 23 heavy (non-hydrogen) atoms. The fourth-order valence-corrected chi connectivity index (χ4v) is 2.91. The van der Waals surface area contributed by atoms with E-state index in [1.807, 2.05) is 49.4 Å². The van der Waals surface area contributed by atoms with Crippen LogP contribution in [0.1, 0.15) is 41.4 Å². The number of hydrogen-bond acceptors (Lipinski definition) is 2. The number of carbonyl (C=O) groups excluding carboxylic acids is 1. The maximum absolute atomic E-state index is 12.5. The normalized spacial score (nSPS) is 11.2. The smallest absolute Gasteiger partial charge is 0.291 e. The second-order valence-electron chi connectivity index (χ2n) is 5.93. The number of aryl methyl sites for hydroxylation is 1. The molecule has 0 aliphatic carbocycles. The molecule has 1 N–H and O–H groups in total. The lowest BCUT2D eigenvalue weighted by Crippen LogP contribution is -2.12. The lowest BCUT2D eigenvalue weighted by atomic mass is 10.0. The van der Waals surface area contributed by atoms with Gasteiger partial charge in [-0.3, -0.25) is 4.79 Å². The Bertz CT molecular complexity index is 863. The van der Waals surface area contributed by atoms with Gasteiger partial charge in [-0.05, 0) is 48.7 Å². The largest absolute Gasteiger partial charge is 0.451 e. The van der Waals surface area contributed by atoms with Crippen molar-refractivity contribution < 1.29 is 9.21 Å². The summed E-state index contributed by atoms with van der Waals surface area (Å²) in [4.78, 5) is 12.5. The Hall–Kier alpha value is -2.07. The number of carbonyl (C=O) groups is 1. The lowest BCUT2D eigenvalue weighted by molar-refractivity contribution is 0.0998. The van der Waals surface area contributed by atoms with Crippen molar-refractivity contribution in [3.05, 3.63) is 63.8 Å². The minimum absolute atomic E-state index is 0.230. The van der Waals surface area contributed by atoms with Crippen LogP contribution >= 0.6 is 15.9 Å². The van der Waals surface area contributed by atoms with E-state index in [-0.39, 0.29) is 5.91 Å². The monoisotopic (exact) mass is 371 g/mol. The fraction of sp³-hybridized carbons (Fsp3) is 0.211. The van der Waals surface area contributed by atoms with Gasteiger partial charge in [-0.2, -0.15) is 0 Å². The predicted molar refractivity (Wildman–Crippen MR) is 97.1 cm³/mol. The first kappa shape index (κ1) is 15.8. The topological polar surface area (TPSA) is 42.2 Å². The van der Waals surface area contributed by atoms with E-state index in [0.29, 0.717) is 17.3 Å². The first-order valence-electron chi connectivity index (χ1n) is 7.55. The molecule has 0 spiro atoms. The molecule has 0 aliphatic heterocycles. The molecule has 0 unspecified atom stereocenters. The Morgan fingerprint density at radius 1 is 1.13 bits per heavy atom. The van der Waals surface area contributed by atoms with E-state index in [1.54, 1.807) is 0 Å². The van der Waals surface area contributed by atoms with Crippen LogP contribution in [0.3, 0.4) is 0 Å². The molecule has 4 heteroatoms. The number of halogens is 1. The first-order chi connectivity index (χ1) is 11.0. The van der Waals surface area contributed by atoms with Gasteiger partial charge < -0.3 is 9.73 Å². The van der Waals surface area contributed by atoms with Crippen LogP contribution in [0, 0.1) is 6.92 Å². The van der Waals surface area contributed by atoms with Crippen LogP contribution in [0.25, 0.3) is 11.0 Å². The fourth-order valence-electron chi connectivity index (χ4n) is 2.55. The summed E-state index contributed by atoms with van der Waals surface area (Å²) < 4.78 is 6.68. The summed E-state index contributed by atoms with van der Waals surface area (Å²) in [7, 11) is 0. The Morgan fingerprint density at radius 3 is 2.48 bits per heavy atom. The summed E-state index contributed by atoms with van der Waals surface area (Å²) in [6.07, 6.45) is 0. The van der Waals surface area contributed by atoms with Gasteiger partial charge in [-0.25, -0.2) is 0 Å². The van der Waals surface area contributed by atoms with Crippen molar-refractivity contribution in [3.8, 4) is 0 Å². The molecule has 0 fully saturated rings. The lowest BCUT2D eigenvalue weighted by Gasteiger charge is -2.07. The van der Waals surface area contributed by atoms with Crippen LogP contribution in [-0.4, -0.2) is 5.91 Å². The Kier molecular flexibility index (Phi) is 4.26. The summed E-state index contributed by atoms with van der Waals surface area (Å²) in [5, 5.41) is 3.84. The summed E-state index contributed by atoms with van der Waals surface area (Å²) in [5.41, 5.74) is 3.57. The second kappa shape index (κ2) is 6.20. The van der Waals surface area contributed by atoms with Gasteiger partial charge in [-0.15, -0.1) is 0 Å². The Balaban J connectivity index is 1.87. The van der Waals surface area contributed by atoms with Crippen LogP contribution in [0.4, 0.5) is 5.69 Å². The highest BCUT2D eigenvalue weighted by atomic mass is 79.9. The number of fused-ring (bicyclic) bond motifs is 1. The van der Waals surface area contributed by atoms with E-state index in [9.17, 15) is 4.79 Å². The van der Waals surface area contributed by atoms with Gasteiger partial charge in [0.15, 0.2) is 5.76 Å². The predicted octanol–water partition coefficient (Wildman–Crippen LogP) is 5.88. The molecule has 0 aliphatic rings. The van der Waals surface area contributed by atoms with Gasteiger partial charge in [0.2, 0.25) is 0 Å². The van der Waals surface area contributed by atoms with Crippen LogP contribution in [0.5, 0.6) is 0 Å². The zero-order valence-electron chi connectivity index (χ0n) is 13.3. The molecule has 1 heterocycles. The molecule has 0 saturated carbocycles. The van der Waals surface area contributed by atoms with Crippen molar-refractivity contribution in [1.29, 1.82) is 0 Å². The third-order valence-corrected chi connectivity index (χ3v) is 4.43. The van der Waals surface area contributed by atoms with E-state index in [2.05, 4.69) is 35.1 Å². The molecular formula is C19H18BrNO2. The van der Waals surface area contributed by atoms with Crippen LogP contribution < -0.4 is 5.32 Å². The molecule has 3 aromatic rings. The van der Waals surface area contributed by atoms with Gasteiger partial charge in [0.25, 0.3) is 5.91 Å². The number of rotatable bonds is 3. The average Bonchev–Trinajstić information content (AvgIpc) is 2.85. The van der Waals surface area contributed by atoms with Gasteiger partial charge in [-0.1, -0.05) is 41.9 Å².